The van der Waals surface area contributed by atoms with Gasteiger partial charge in [0.1, 0.15) is 13.2 Å². The van der Waals surface area contributed by atoms with E-state index in [1.54, 1.807) is 0 Å². The van der Waals surface area contributed by atoms with E-state index in [1.165, 1.54) is 32.1 Å². The van der Waals surface area contributed by atoms with E-state index in [0.717, 1.165) is 128 Å². The summed E-state index contributed by atoms with van der Waals surface area (Å²) in [7, 11) is 0. The van der Waals surface area contributed by atoms with Crippen molar-refractivity contribution in [2.45, 2.75) is 213 Å². The second-order valence-electron chi connectivity index (χ2n) is 16.3. The summed E-state index contributed by atoms with van der Waals surface area (Å²) in [5.41, 5.74) is 0. The number of esters is 3. The van der Waals surface area contributed by atoms with E-state index < -0.39 is 6.10 Å². The molecule has 0 fully saturated rings. The van der Waals surface area contributed by atoms with Crippen LogP contribution in [-0.2, 0) is 28.6 Å². The molecule has 0 aliphatic carbocycles. The summed E-state index contributed by atoms with van der Waals surface area (Å²) in [6.07, 6.45) is 70.5. The smallest absolute Gasteiger partial charge is 0.306 e. The van der Waals surface area contributed by atoms with Gasteiger partial charge in [0.2, 0.25) is 0 Å². The summed E-state index contributed by atoms with van der Waals surface area (Å²) in [4.78, 5) is 37.8. The number of allylic oxidation sites excluding steroid dienone is 20. The molecule has 0 radical (unpaired) electrons. The highest BCUT2D eigenvalue weighted by molar-refractivity contribution is 5.71. The highest BCUT2D eigenvalue weighted by atomic mass is 16.6. The number of carbonyl (C=O) groups excluding carboxylic acids is 3. The highest BCUT2D eigenvalue weighted by Crippen LogP contribution is 2.12. The van der Waals surface area contributed by atoms with Crippen LogP contribution in [0.3, 0.4) is 0 Å². The highest BCUT2D eigenvalue weighted by Gasteiger charge is 2.19. The van der Waals surface area contributed by atoms with Gasteiger partial charge in [0.15, 0.2) is 6.10 Å². The van der Waals surface area contributed by atoms with Crippen molar-refractivity contribution in [3.63, 3.8) is 0 Å². The fourth-order valence-corrected chi connectivity index (χ4v) is 6.44. The topological polar surface area (TPSA) is 78.9 Å². The Morgan fingerprint density at radius 1 is 0.328 bits per heavy atom. The monoisotopic (exact) mass is 885 g/mol. The van der Waals surface area contributed by atoms with Gasteiger partial charge < -0.3 is 14.2 Å². The van der Waals surface area contributed by atoms with Crippen LogP contribution in [0.5, 0.6) is 0 Å². The van der Waals surface area contributed by atoms with E-state index in [4.69, 9.17) is 14.2 Å². The van der Waals surface area contributed by atoms with Gasteiger partial charge in [-0.05, 0) is 103 Å². The molecule has 1 unspecified atom stereocenters. The summed E-state index contributed by atoms with van der Waals surface area (Å²) < 4.78 is 16.7. The molecular formula is C58H92O6. The van der Waals surface area contributed by atoms with Crippen LogP contribution in [0.15, 0.2) is 122 Å². The number of unbranched alkanes of at least 4 members (excludes halogenated alkanes) is 13. The third-order valence-electron chi connectivity index (χ3n) is 10.2. The maximum atomic E-state index is 12.8. The fourth-order valence-electron chi connectivity index (χ4n) is 6.44. The predicted octanol–water partition coefficient (Wildman–Crippen LogP) is 16.9. The van der Waals surface area contributed by atoms with Crippen LogP contribution in [0.25, 0.3) is 0 Å². The Morgan fingerprint density at radius 2 is 0.625 bits per heavy atom. The normalized spacial score (nSPS) is 13.1. The number of ether oxygens (including phenoxy) is 3. The molecule has 0 bridgehead atoms. The first-order valence-corrected chi connectivity index (χ1v) is 25.5. The fraction of sp³-hybridized carbons (Fsp3) is 0.603. The number of carbonyl (C=O) groups is 3. The zero-order valence-electron chi connectivity index (χ0n) is 41.0. The minimum atomic E-state index is -0.810. The van der Waals surface area contributed by atoms with Crippen LogP contribution >= 0.6 is 0 Å². The SMILES string of the molecule is CC/C=C\C/C=C\C/C=C\C/C=C\C/C=C\C/C=C\C/C=C\CCCC(=O)OCC(COC(=O)CCCCCCCCCC)OC(=O)CCCCCCC/C=C\C/C=C\C/C=C\CC. The molecule has 64 heavy (non-hydrogen) atoms. The van der Waals surface area contributed by atoms with E-state index in [1.807, 2.05) is 0 Å². The Bertz CT molecular complexity index is 1390. The molecule has 0 rings (SSSR count). The van der Waals surface area contributed by atoms with E-state index in [2.05, 4.69) is 142 Å². The lowest BCUT2D eigenvalue weighted by atomic mass is 10.1. The number of hydrogen-bond donors (Lipinski definition) is 0. The molecule has 0 aliphatic rings. The van der Waals surface area contributed by atoms with Gasteiger partial charge in [-0.1, -0.05) is 206 Å². The van der Waals surface area contributed by atoms with Crippen molar-refractivity contribution >= 4 is 17.9 Å². The average Bonchev–Trinajstić information content (AvgIpc) is 3.29. The van der Waals surface area contributed by atoms with Crippen LogP contribution in [0.1, 0.15) is 207 Å². The molecule has 0 N–H and O–H groups in total. The second kappa shape index (κ2) is 51.4. The molecule has 0 aliphatic heterocycles. The molecule has 0 heterocycles. The van der Waals surface area contributed by atoms with Crippen LogP contribution < -0.4 is 0 Å². The van der Waals surface area contributed by atoms with Crippen LogP contribution in [0.2, 0.25) is 0 Å². The van der Waals surface area contributed by atoms with Crippen molar-refractivity contribution in [3.8, 4) is 0 Å². The summed E-state index contributed by atoms with van der Waals surface area (Å²) in [6, 6.07) is 0. The lowest BCUT2D eigenvalue weighted by molar-refractivity contribution is -0.167. The molecule has 1 atom stereocenters. The Kier molecular flexibility index (Phi) is 48.1. The lowest BCUT2D eigenvalue weighted by Gasteiger charge is -2.18. The first kappa shape index (κ1) is 59.8. The van der Waals surface area contributed by atoms with E-state index in [9.17, 15) is 14.4 Å². The Balaban J connectivity index is 4.43. The average molecular weight is 885 g/mol. The molecule has 0 saturated carbocycles. The molecule has 0 aromatic heterocycles. The van der Waals surface area contributed by atoms with E-state index in [-0.39, 0.29) is 37.5 Å². The summed E-state index contributed by atoms with van der Waals surface area (Å²) in [5, 5.41) is 0. The van der Waals surface area contributed by atoms with Crippen molar-refractivity contribution in [2.75, 3.05) is 13.2 Å². The number of hydrogen-bond acceptors (Lipinski definition) is 6. The Hall–Kier alpha value is -4.19. The van der Waals surface area contributed by atoms with Gasteiger partial charge in [-0.15, -0.1) is 0 Å². The van der Waals surface area contributed by atoms with Crippen LogP contribution in [0.4, 0.5) is 0 Å². The Morgan fingerprint density at radius 3 is 1.02 bits per heavy atom. The minimum absolute atomic E-state index is 0.106. The second-order valence-corrected chi connectivity index (χ2v) is 16.3. The minimum Gasteiger partial charge on any atom is -0.462 e. The largest absolute Gasteiger partial charge is 0.462 e. The van der Waals surface area contributed by atoms with Crippen molar-refractivity contribution < 1.29 is 28.6 Å². The molecular weight excluding hydrogens is 793 g/mol. The van der Waals surface area contributed by atoms with Crippen molar-refractivity contribution in [3.05, 3.63) is 122 Å². The van der Waals surface area contributed by atoms with Crippen molar-refractivity contribution in [1.29, 1.82) is 0 Å². The third kappa shape index (κ3) is 48.8. The first-order chi connectivity index (χ1) is 31.5. The predicted molar refractivity (Wildman–Crippen MR) is 274 cm³/mol. The zero-order chi connectivity index (χ0) is 46.5. The molecule has 6 nitrogen and oxygen atoms in total. The molecule has 0 spiro atoms. The van der Waals surface area contributed by atoms with Gasteiger partial charge in [-0.3, -0.25) is 14.4 Å². The first-order valence-electron chi connectivity index (χ1n) is 25.5. The van der Waals surface area contributed by atoms with Crippen molar-refractivity contribution in [1.82, 2.24) is 0 Å². The van der Waals surface area contributed by atoms with Gasteiger partial charge in [0.25, 0.3) is 0 Å². The standard InChI is InChI=1S/C58H92O6/c1-4-7-10-13-16-19-21-23-25-26-27-28-29-30-31-32-34-35-37-39-42-45-48-51-57(60)63-54-55(53-62-56(59)50-47-44-41-18-15-12-9-6-3)64-58(61)52-49-46-43-40-38-36-33-24-22-20-17-14-11-8-5-2/h7-8,10-11,16-17,19-20,23-25,27-28,30-31,33-35,39,42,55H,4-6,9,12-15,18,21-22,26,29,32,36-38,40-41,43-54H2,1-3H3/b10-7-,11-8-,19-16-,20-17-,25-23-,28-27-,31-30-,33-24-,35-34-,42-39-. The van der Waals surface area contributed by atoms with E-state index >= 15 is 0 Å². The van der Waals surface area contributed by atoms with Crippen LogP contribution in [-0.4, -0.2) is 37.2 Å². The van der Waals surface area contributed by atoms with Crippen LogP contribution in [0, 0.1) is 0 Å². The van der Waals surface area contributed by atoms with Crippen molar-refractivity contribution in [2.24, 2.45) is 0 Å². The lowest BCUT2D eigenvalue weighted by Crippen LogP contribution is -2.30. The maximum absolute atomic E-state index is 12.8. The zero-order valence-corrected chi connectivity index (χ0v) is 41.0. The molecule has 360 valence electrons. The molecule has 0 aromatic carbocycles. The van der Waals surface area contributed by atoms with E-state index in [0.29, 0.717) is 19.3 Å². The molecule has 6 heteroatoms. The third-order valence-corrected chi connectivity index (χ3v) is 10.2. The summed E-state index contributed by atoms with van der Waals surface area (Å²) in [6.45, 7) is 6.29. The number of rotatable bonds is 44. The summed E-state index contributed by atoms with van der Waals surface area (Å²) in [5.74, 6) is -0.999. The molecule has 0 saturated heterocycles. The quantitative estimate of drug-likeness (QED) is 0.0262. The maximum Gasteiger partial charge on any atom is 0.306 e. The van der Waals surface area contributed by atoms with Gasteiger partial charge in [-0.25, -0.2) is 0 Å². The Labute approximate surface area is 392 Å². The van der Waals surface area contributed by atoms with Gasteiger partial charge >= 0.3 is 17.9 Å². The van der Waals surface area contributed by atoms with Gasteiger partial charge in [0.05, 0.1) is 0 Å². The van der Waals surface area contributed by atoms with Gasteiger partial charge in [-0.2, -0.15) is 0 Å². The molecule has 0 amide bonds. The molecule has 0 aromatic rings. The summed E-state index contributed by atoms with van der Waals surface area (Å²) >= 11 is 0. The van der Waals surface area contributed by atoms with Gasteiger partial charge in [0, 0.05) is 19.3 Å².